The van der Waals surface area contributed by atoms with E-state index in [1.165, 1.54) is 0 Å². The lowest BCUT2D eigenvalue weighted by atomic mass is 9.74. The lowest BCUT2D eigenvalue weighted by Gasteiger charge is -2.49. The second kappa shape index (κ2) is 6.36. The number of alkyl halides is 17. The second-order valence-electron chi connectivity index (χ2n) is 4.95. The molecule has 0 saturated heterocycles. The normalized spacial score (nSPS) is 20.2. The van der Waals surface area contributed by atoms with Gasteiger partial charge in [0.05, 0.1) is 0 Å². The predicted octanol–water partition coefficient (Wildman–Crippen LogP) is 4.84. The van der Waals surface area contributed by atoms with Gasteiger partial charge in [-0.1, -0.05) is 0 Å². The number of hydrogen-bond acceptors (Lipinski definition) is 2. The van der Waals surface area contributed by atoms with Crippen LogP contribution in [0.1, 0.15) is 0 Å². The molecule has 0 radical (unpaired) electrons. The number of rotatable bonds is 4. The zero-order valence-electron chi connectivity index (χ0n) is 12.1. The average Bonchev–Trinajstić information content (AvgIpc) is 2.37. The summed E-state index contributed by atoms with van der Waals surface area (Å²) in [5, 5.41) is -8.86. The lowest BCUT2D eigenvalue weighted by molar-refractivity contribution is -0.454. The van der Waals surface area contributed by atoms with Crippen LogP contribution in [0.15, 0.2) is 0 Å². The van der Waals surface area contributed by atoms with Gasteiger partial charge in [-0.15, -0.1) is 0 Å². The van der Waals surface area contributed by atoms with Gasteiger partial charge in [-0.3, -0.25) is 4.55 Å². The zero-order chi connectivity index (χ0) is 24.5. The SMILES string of the molecule is O=S(=O)(O)C(F)(C(F)(F)F)C(F)(C(F)(F)C(F)(F)F)C(F)(C(F)(F)F)C(F)(F)F. The second-order valence-corrected chi connectivity index (χ2v) is 6.47. The number of hydrogen-bond donors (Lipinski definition) is 1. The van der Waals surface area contributed by atoms with Gasteiger partial charge in [0.2, 0.25) is 0 Å². The van der Waals surface area contributed by atoms with Gasteiger partial charge in [0.15, 0.2) is 0 Å². The van der Waals surface area contributed by atoms with Crippen LogP contribution in [0.2, 0.25) is 0 Å². The molecule has 0 aromatic heterocycles. The Morgan fingerprint density at radius 1 is 0.448 bits per heavy atom. The van der Waals surface area contributed by atoms with E-state index in [0.29, 0.717) is 0 Å². The molecule has 176 valence electrons. The standard InChI is InChI=1S/C8HF17O3S/c9-1(3(11,12)7(20,21)22,2(10,5(14,15)16)6(17,18)19)4(13,8(23,24)25)29(26,27)28/h(H,26,27,28). The third kappa shape index (κ3) is 3.26. The highest BCUT2D eigenvalue weighted by Gasteiger charge is 3.03. The first kappa shape index (κ1) is 27.7. The van der Waals surface area contributed by atoms with Crippen molar-refractivity contribution in [1.29, 1.82) is 0 Å². The fourth-order valence-electron chi connectivity index (χ4n) is 1.91. The topological polar surface area (TPSA) is 54.4 Å². The fourth-order valence-corrected chi connectivity index (χ4v) is 2.82. The molecule has 0 aliphatic heterocycles. The quantitative estimate of drug-likeness (QED) is 0.444. The van der Waals surface area contributed by atoms with Crippen LogP contribution in [0.25, 0.3) is 0 Å². The van der Waals surface area contributed by atoms with Gasteiger partial charge in [0, 0.05) is 0 Å². The van der Waals surface area contributed by atoms with Crippen molar-refractivity contribution in [3.05, 3.63) is 0 Å². The van der Waals surface area contributed by atoms with Crippen molar-refractivity contribution in [2.75, 3.05) is 0 Å². The summed E-state index contributed by atoms with van der Waals surface area (Å²) in [6.07, 6.45) is -34.1. The van der Waals surface area contributed by atoms with E-state index in [0.717, 1.165) is 0 Å². The smallest absolute Gasteiger partial charge is 0.283 e. The Hall–Kier alpha value is -1.28. The maximum atomic E-state index is 14.2. The van der Waals surface area contributed by atoms with Crippen LogP contribution in [0.4, 0.5) is 74.6 Å². The first-order valence-electron chi connectivity index (χ1n) is 5.68. The summed E-state index contributed by atoms with van der Waals surface area (Å²) in [4.78, 5) is 0. The molecule has 0 bridgehead atoms. The van der Waals surface area contributed by atoms with E-state index in [-0.39, 0.29) is 0 Å². The van der Waals surface area contributed by atoms with Crippen LogP contribution < -0.4 is 0 Å². The largest absolute Gasteiger partial charge is 0.457 e. The van der Waals surface area contributed by atoms with Crippen LogP contribution in [-0.4, -0.2) is 59.9 Å². The Kier molecular flexibility index (Phi) is 6.08. The molecular formula is C8HF17O3S. The maximum Gasteiger partial charge on any atom is 0.457 e. The Bertz CT molecular complexity index is 712. The van der Waals surface area contributed by atoms with E-state index in [9.17, 15) is 83.1 Å². The first-order valence-corrected chi connectivity index (χ1v) is 7.12. The van der Waals surface area contributed by atoms with Gasteiger partial charge < -0.3 is 0 Å². The molecular weight excluding hydrogens is 499 g/mol. The van der Waals surface area contributed by atoms with Gasteiger partial charge in [0.1, 0.15) is 0 Å². The molecule has 0 rings (SSSR count). The zero-order valence-corrected chi connectivity index (χ0v) is 12.9. The molecule has 0 fully saturated rings. The van der Waals surface area contributed by atoms with Crippen LogP contribution in [-0.2, 0) is 10.1 Å². The summed E-state index contributed by atoms with van der Waals surface area (Å²) in [6, 6.07) is 0. The molecule has 29 heavy (non-hydrogen) atoms. The van der Waals surface area contributed by atoms with Crippen molar-refractivity contribution in [3.8, 4) is 0 Å². The minimum atomic E-state index is -9.48. The predicted molar refractivity (Wildman–Crippen MR) is 52.2 cm³/mol. The molecule has 2 atom stereocenters. The van der Waals surface area contributed by atoms with E-state index in [1.54, 1.807) is 0 Å². The fraction of sp³-hybridized carbons (Fsp3) is 1.00. The van der Waals surface area contributed by atoms with Gasteiger partial charge >= 0.3 is 51.4 Å². The van der Waals surface area contributed by atoms with Crippen molar-refractivity contribution in [2.24, 2.45) is 0 Å². The lowest BCUT2D eigenvalue weighted by Crippen LogP contribution is -2.84. The summed E-state index contributed by atoms with van der Waals surface area (Å²) in [7, 11) is -8.81. The van der Waals surface area contributed by atoms with Gasteiger partial charge in [-0.2, -0.15) is 69.9 Å². The minimum absolute atomic E-state index is 7.97. The summed E-state index contributed by atoms with van der Waals surface area (Å²) < 4.78 is 246. The Balaban J connectivity index is 8.26. The van der Waals surface area contributed by atoms with Crippen LogP contribution in [0.5, 0.6) is 0 Å². The van der Waals surface area contributed by atoms with Crippen molar-refractivity contribution >= 4 is 10.1 Å². The summed E-state index contributed by atoms with van der Waals surface area (Å²) >= 11 is 0. The Morgan fingerprint density at radius 3 is 0.862 bits per heavy atom. The van der Waals surface area contributed by atoms with Gasteiger partial charge in [-0.25, -0.2) is 13.2 Å². The molecule has 0 aromatic carbocycles. The summed E-state index contributed by atoms with van der Waals surface area (Å²) in [6.45, 7) is 0. The molecule has 1 N–H and O–H groups in total. The van der Waals surface area contributed by atoms with Crippen molar-refractivity contribution in [1.82, 2.24) is 0 Å². The van der Waals surface area contributed by atoms with E-state index in [4.69, 9.17) is 4.55 Å². The molecule has 2 unspecified atom stereocenters. The van der Waals surface area contributed by atoms with E-state index in [2.05, 4.69) is 0 Å². The maximum absolute atomic E-state index is 14.2. The Labute approximate surface area is 146 Å². The van der Waals surface area contributed by atoms with E-state index >= 15 is 0 Å². The minimum Gasteiger partial charge on any atom is -0.283 e. The summed E-state index contributed by atoms with van der Waals surface area (Å²) in [5.74, 6) is -9.03. The third-order valence-corrected chi connectivity index (χ3v) is 4.43. The van der Waals surface area contributed by atoms with E-state index < -0.39 is 57.1 Å². The van der Waals surface area contributed by atoms with Crippen molar-refractivity contribution in [2.45, 2.75) is 47.0 Å². The van der Waals surface area contributed by atoms with Gasteiger partial charge in [-0.05, 0) is 0 Å². The molecule has 0 aliphatic rings. The highest BCUT2D eigenvalue weighted by atomic mass is 32.2. The number of halogens is 17. The molecule has 0 spiro atoms. The van der Waals surface area contributed by atoms with Crippen molar-refractivity contribution in [3.63, 3.8) is 0 Å². The van der Waals surface area contributed by atoms with Crippen LogP contribution in [0.3, 0.4) is 0 Å². The van der Waals surface area contributed by atoms with E-state index in [1.807, 2.05) is 0 Å². The van der Waals surface area contributed by atoms with Crippen LogP contribution >= 0.6 is 0 Å². The first-order chi connectivity index (χ1) is 12.0. The molecule has 21 heteroatoms. The molecule has 0 heterocycles. The highest BCUT2D eigenvalue weighted by molar-refractivity contribution is 7.87. The molecule has 0 amide bonds. The monoisotopic (exact) mass is 500 g/mol. The molecule has 3 nitrogen and oxygen atoms in total. The average molecular weight is 500 g/mol. The highest BCUT2D eigenvalue weighted by Crippen LogP contribution is 2.68. The molecule has 0 saturated carbocycles. The van der Waals surface area contributed by atoms with Crippen LogP contribution in [0, 0.1) is 0 Å². The Morgan fingerprint density at radius 2 is 0.724 bits per heavy atom. The van der Waals surface area contributed by atoms with Crippen molar-refractivity contribution < 1.29 is 87.6 Å². The molecule has 0 aliphatic carbocycles. The van der Waals surface area contributed by atoms with Gasteiger partial charge in [0.25, 0.3) is 5.67 Å². The summed E-state index contributed by atoms with van der Waals surface area (Å²) in [5.41, 5.74) is -18.7. The third-order valence-electron chi connectivity index (χ3n) is 3.21. The molecule has 0 aromatic rings.